The molecule has 2 rings (SSSR count). The minimum absolute atomic E-state index is 0.762. The highest BCUT2D eigenvalue weighted by atomic mass is 32.1. The molecule has 0 aliphatic carbocycles. The summed E-state index contributed by atoms with van der Waals surface area (Å²) in [5.41, 5.74) is 1.29. The lowest BCUT2D eigenvalue weighted by molar-refractivity contribution is 0.187. The lowest BCUT2D eigenvalue weighted by atomic mass is 10.3. The summed E-state index contributed by atoms with van der Waals surface area (Å²) in [6.45, 7) is 1.68. The fourth-order valence-electron chi connectivity index (χ4n) is 1.37. The average Bonchev–Trinajstić information content (AvgIpc) is 2.85. The van der Waals surface area contributed by atoms with Crippen molar-refractivity contribution >= 4 is 11.3 Å². The first kappa shape index (κ1) is 9.49. The molecule has 0 atom stereocenters. The van der Waals surface area contributed by atoms with Crippen LogP contribution in [0.25, 0.3) is 10.4 Å². The van der Waals surface area contributed by atoms with Crippen molar-refractivity contribution in [2.45, 2.75) is 6.54 Å². The van der Waals surface area contributed by atoms with Crippen LogP contribution in [-0.4, -0.2) is 18.3 Å². The Kier molecular flexibility index (Phi) is 3.01. The van der Waals surface area contributed by atoms with Gasteiger partial charge in [0.15, 0.2) is 0 Å². The van der Waals surface area contributed by atoms with E-state index in [1.807, 2.05) is 0 Å². The molecule has 0 radical (unpaired) electrons. The summed E-state index contributed by atoms with van der Waals surface area (Å²) in [6.07, 6.45) is 4.25. The molecular weight excluding hydrogens is 194 g/mol. The van der Waals surface area contributed by atoms with E-state index in [0.717, 1.165) is 13.2 Å². The van der Waals surface area contributed by atoms with Crippen LogP contribution in [0.5, 0.6) is 0 Å². The summed E-state index contributed by atoms with van der Waals surface area (Å²) in [7, 11) is 1.73. The topological polar surface area (TPSA) is 14.2 Å². The van der Waals surface area contributed by atoms with Gasteiger partial charge in [0.1, 0.15) is 0 Å². The summed E-state index contributed by atoms with van der Waals surface area (Å²) in [5, 5.41) is 2.10. The molecular formula is C11H13NOS. The highest BCUT2D eigenvalue weighted by Crippen LogP contribution is 2.24. The van der Waals surface area contributed by atoms with Gasteiger partial charge in [-0.1, -0.05) is 6.07 Å². The van der Waals surface area contributed by atoms with E-state index in [1.54, 1.807) is 18.4 Å². The molecule has 0 aliphatic heterocycles. The number of ether oxygens (including phenoxy) is 1. The van der Waals surface area contributed by atoms with Gasteiger partial charge >= 0.3 is 0 Å². The third-order valence-electron chi connectivity index (χ3n) is 2.11. The zero-order chi connectivity index (χ0) is 9.80. The summed E-state index contributed by atoms with van der Waals surface area (Å²) in [6, 6.07) is 6.36. The van der Waals surface area contributed by atoms with Gasteiger partial charge < -0.3 is 9.30 Å². The first-order valence-corrected chi connectivity index (χ1v) is 5.47. The molecule has 0 fully saturated rings. The van der Waals surface area contributed by atoms with Gasteiger partial charge in [-0.05, 0) is 17.5 Å². The molecule has 0 spiro atoms. The molecule has 0 unspecified atom stereocenters. The Labute approximate surface area is 87.8 Å². The van der Waals surface area contributed by atoms with Crippen molar-refractivity contribution < 1.29 is 4.74 Å². The molecule has 0 saturated carbocycles. The standard InChI is InChI=1S/C11H13NOS/c1-13-7-6-12-5-4-10(9-12)11-3-2-8-14-11/h2-5,8-9H,6-7H2,1H3. The zero-order valence-corrected chi connectivity index (χ0v) is 8.96. The fraction of sp³-hybridized carbons (Fsp3) is 0.273. The van der Waals surface area contributed by atoms with Crippen molar-refractivity contribution in [2.24, 2.45) is 0 Å². The van der Waals surface area contributed by atoms with Gasteiger partial charge in [0.2, 0.25) is 0 Å². The molecule has 0 saturated heterocycles. The van der Waals surface area contributed by atoms with E-state index >= 15 is 0 Å². The molecule has 3 heteroatoms. The second-order valence-electron chi connectivity index (χ2n) is 3.11. The normalized spacial score (nSPS) is 10.6. The predicted octanol–water partition coefficient (Wildman–Crippen LogP) is 2.86. The van der Waals surface area contributed by atoms with E-state index in [2.05, 4.69) is 40.5 Å². The van der Waals surface area contributed by atoms with Crippen molar-refractivity contribution in [1.29, 1.82) is 0 Å². The fourth-order valence-corrected chi connectivity index (χ4v) is 2.08. The third kappa shape index (κ3) is 2.05. The van der Waals surface area contributed by atoms with Crippen LogP contribution in [0.3, 0.4) is 0 Å². The monoisotopic (exact) mass is 207 g/mol. The van der Waals surface area contributed by atoms with E-state index in [-0.39, 0.29) is 0 Å². The third-order valence-corrected chi connectivity index (χ3v) is 3.03. The Morgan fingerprint density at radius 1 is 1.43 bits per heavy atom. The van der Waals surface area contributed by atoms with Crippen LogP contribution in [0.4, 0.5) is 0 Å². The smallest absolute Gasteiger partial charge is 0.0641 e. The van der Waals surface area contributed by atoms with E-state index < -0.39 is 0 Å². The van der Waals surface area contributed by atoms with Gasteiger partial charge in [0.05, 0.1) is 6.61 Å². The molecule has 2 heterocycles. The number of rotatable bonds is 4. The van der Waals surface area contributed by atoms with Crippen LogP contribution in [0.15, 0.2) is 36.0 Å². The Morgan fingerprint density at radius 3 is 3.07 bits per heavy atom. The van der Waals surface area contributed by atoms with Crippen molar-refractivity contribution in [3.8, 4) is 10.4 Å². The quantitative estimate of drug-likeness (QED) is 0.752. The first-order valence-electron chi connectivity index (χ1n) is 4.59. The Balaban J connectivity index is 2.10. The Bertz CT molecular complexity index is 378. The lowest BCUT2D eigenvalue weighted by Crippen LogP contribution is -2.00. The van der Waals surface area contributed by atoms with Gasteiger partial charge in [-0.3, -0.25) is 0 Å². The zero-order valence-electron chi connectivity index (χ0n) is 8.14. The number of hydrogen-bond acceptors (Lipinski definition) is 2. The summed E-state index contributed by atoms with van der Waals surface area (Å²) in [4.78, 5) is 1.32. The van der Waals surface area contributed by atoms with Crippen LogP contribution in [0.2, 0.25) is 0 Å². The lowest BCUT2D eigenvalue weighted by Gasteiger charge is -1.99. The number of methoxy groups -OCH3 is 1. The van der Waals surface area contributed by atoms with Crippen LogP contribution in [0, 0.1) is 0 Å². The van der Waals surface area contributed by atoms with Gasteiger partial charge in [-0.15, -0.1) is 11.3 Å². The SMILES string of the molecule is COCCn1ccc(-c2cccs2)c1. The molecule has 0 N–H and O–H groups in total. The molecule has 0 amide bonds. The minimum atomic E-state index is 0.762. The van der Waals surface area contributed by atoms with Gasteiger partial charge in [0, 0.05) is 36.5 Å². The maximum Gasteiger partial charge on any atom is 0.0641 e. The van der Waals surface area contributed by atoms with Gasteiger partial charge in [-0.25, -0.2) is 0 Å². The second-order valence-corrected chi connectivity index (χ2v) is 4.06. The average molecular weight is 207 g/mol. The summed E-state index contributed by atoms with van der Waals surface area (Å²) < 4.78 is 7.18. The van der Waals surface area contributed by atoms with E-state index in [9.17, 15) is 0 Å². The molecule has 0 bridgehead atoms. The molecule has 2 aromatic heterocycles. The largest absolute Gasteiger partial charge is 0.383 e. The predicted molar refractivity (Wildman–Crippen MR) is 59.6 cm³/mol. The molecule has 2 nitrogen and oxygen atoms in total. The van der Waals surface area contributed by atoms with E-state index in [0.29, 0.717) is 0 Å². The summed E-state index contributed by atoms with van der Waals surface area (Å²) in [5.74, 6) is 0. The van der Waals surface area contributed by atoms with Crippen LogP contribution in [0.1, 0.15) is 0 Å². The number of aromatic nitrogens is 1. The van der Waals surface area contributed by atoms with Crippen molar-refractivity contribution in [2.75, 3.05) is 13.7 Å². The number of nitrogens with zero attached hydrogens (tertiary/aromatic N) is 1. The van der Waals surface area contributed by atoms with Crippen LogP contribution < -0.4 is 0 Å². The maximum absolute atomic E-state index is 5.03. The Morgan fingerprint density at radius 2 is 2.36 bits per heavy atom. The molecule has 14 heavy (non-hydrogen) atoms. The second kappa shape index (κ2) is 4.44. The van der Waals surface area contributed by atoms with Crippen molar-refractivity contribution in [3.63, 3.8) is 0 Å². The van der Waals surface area contributed by atoms with Gasteiger partial charge in [-0.2, -0.15) is 0 Å². The van der Waals surface area contributed by atoms with Crippen molar-refractivity contribution in [1.82, 2.24) is 4.57 Å². The summed E-state index contributed by atoms with van der Waals surface area (Å²) >= 11 is 1.77. The van der Waals surface area contributed by atoms with Crippen molar-refractivity contribution in [3.05, 3.63) is 36.0 Å². The highest BCUT2D eigenvalue weighted by Gasteiger charge is 2.00. The van der Waals surface area contributed by atoms with E-state index in [4.69, 9.17) is 4.74 Å². The molecule has 0 aromatic carbocycles. The van der Waals surface area contributed by atoms with Crippen LogP contribution >= 0.6 is 11.3 Å². The van der Waals surface area contributed by atoms with Gasteiger partial charge in [0.25, 0.3) is 0 Å². The highest BCUT2D eigenvalue weighted by molar-refractivity contribution is 7.13. The first-order chi connectivity index (χ1) is 6.90. The molecule has 2 aromatic rings. The molecule has 74 valence electrons. The number of hydrogen-bond donors (Lipinski definition) is 0. The Hall–Kier alpha value is -1.06. The maximum atomic E-state index is 5.03. The van der Waals surface area contributed by atoms with Crippen LogP contribution in [-0.2, 0) is 11.3 Å². The minimum Gasteiger partial charge on any atom is -0.383 e. The molecule has 0 aliphatic rings. The van der Waals surface area contributed by atoms with E-state index in [1.165, 1.54) is 10.4 Å². The number of thiophene rings is 1.